The van der Waals surface area contributed by atoms with Crippen LogP contribution in [0.1, 0.15) is 33.6 Å². The quantitative estimate of drug-likeness (QED) is 0.755. The Morgan fingerprint density at radius 1 is 1.28 bits per heavy atom. The van der Waals surface area contributed by atoms with E-state index in [2.05, 4.69) is 10.1 Å². The lowest BCUT2D eigenvalue weighted by Gasteiger charge is -2.29. The monoisotopic (exact) mass is 259 g/mol. The molecule has 104 valence electrons. The number of amides is 1. The van der Waals surface area contributed by atoms with E-state index in [9.17, 15) is 9.59 Å². The van der Waals surface area contributed by atoms with E-state index in [-0.39, 0.29) is 12.0 Å². The van der Waals surface area contributed by atoms with Crippen molar-refractivity contribution in [3.05, 3.63) is 0 Å². The SMILES string of the molecule is COC(=O)[C@H]1CC[C@H](NC(=O)OC(C)(C)C)CO1. The van der Waals surface area contributed by atoms with Crippen LogP contribution in [0.4, 0.5) is 4.79 Å². The number of ether oxygens (including phenoxy) is 3. The lowest BCUT2D eigenvalue weighted by atomic mass is 10.1. The molecule has 0 aromatic rings. The van der Waals surface area contributed by atoms with Gasteiger partial charge in [0.05, 0.1) is 19.8 Å². The van der Waals surface area contributed by atoms with Gasteiger partial charge in [-0.05, 0) is 33.6 Å². The Balaban J connectivity index is 2.31. The Bertz CT molecular complexity index is 302. The number of carbonyl (C=O) groups excluding carboxylic acids is 2. The van der Waals surface area contributed by atoms with Crippen molar-refractivity contribution >= 4 is 12.1 Å². The summed E-state index contributed by atoms with van der Waals surface area (Å²) in [4.78, 5) is 22.7. The zero-order valence-corrected chi connectivity index (χ0v) is 11.3. The molecule has 1 heterocycles. The van der Waals surface area contributed by atoms with Crippen LogP contribution in [-0.2, 0) is 19.0 Å². The van der Waals surface area contributed by atoms with Crippen molar-refractivity contribution in [3.8, 4) is 0 Å². The van der Waals surface area contributed by atoms with E-state index in [1.165, 1.54) is 7.11 Å². The molecule has 1 fully saturated rings. The molecule has 0 unspecified atom stereocenters. The minimum absolute atomic E-state index is 0.124. The minimum atomic E-state index is -0.522. The van der Waals surface area contributed by atoms with Crippen molar-refractivity contribution in [2.24, 2.45) is 0 Å². The second kappa shape index (κ2) is 6.04. The highest BCUT2D eigenvalue weighted by molar-refractivity contribution is 5.74. The van der Waals surface area contributed by atoms with E-state index in [1.807, 2.05) is 0 Å². The molecule has 1 saturated heterocycles. The summed E-state index contributed by atoms with van der Waals surface area (Å²) in [7, 11) is 1.33. The number of hydrogen-bond donors (Lipinski definition) is 1. The van der Waals surface area contributed by atoms with Gasteiger partial charge in [-0.3, -0.25) is 0 Å². The van der Waals surface area contributed by atoms with Gasteiger partial charge < -0.3 is 19.5 Å². The molecular formula is C12H21NO5. The first-order valence-electron chi connectivity index (χ1n) is 6.01. The van der Waals surface area contributed by atoms with Gasteiger partial charge in [-0.25, -0.2) is 9.59 Å². The molecule has 18 heavy (non-hydrogen) atoms. The van der Waals surface area contributed by atoms with Crippen LogP contribution < -0.4 is 5.32 Å². The average molecular weight is 259 g/mol. The summed E-state index contributed by atoms with van der Waals surface area (Å²) < 4.78 is 15.1. The molecular weight excluding hydrogens is 238 g/mol. The second-order valence-corrected chi connectivity index (χ2v) is 5.27. The molecule has 0 aromatic carbocycles. The Hall–Kier alpha value is -1.30. The Morgan fingerprint density at radius 2 is 1.94 bits per heavy atom. The summed E-state index contributed by atoms with van der Waals surface area (Å²) >= 11 is 0. The number of carbonyl (C=O) groups is 2. The largest absolute Gasteiger partial charge is 0.467 e. The third-order valence-corrected chi connectivity index (χ3v) is 2.46. The molecule has 1 aliphatic heterocycles. The van der Waals surface area contributed by atoms with E-state index in [0.29, 0.717) is 19.4 Å². The van der Waals surface area contributed by atoms with E-state index in [1.54, 1.807) is 20.8 Å². The van der Waals surface area contributed by atoms with E-state index in [4.69, 9.17) is 9.47 Å². The van der Waals surface area contributed by atoms with Crippen LogP contribution in [-0.4, -0.2) is 43.5 Å². The molecule has 1 rings (SSSR count). The van der Waals surface area contributed by atoms with E-state index in [0.717, 1.165) is 0 Å². The van der Waals surface area contributed by atoms with Gasteiger partial charge in [0.15, 0.2) is 6.10 Å². The summed E-state index contributed by atoms with van der Waals surface area (Å²) in [6.45, 7) is 5.70. The fraction of sp³-hybridized carbons (Fsp3) is 0.833. The average Bonchev–Trinajstić information content (AvgIpc) is 2.26. The fourth-order valence-corrected chi connectivity index (χ4v) is 1.66. The van der Waals surface area contributed by atoms with Crippen LogP contribution >= 0.6 is 0 Å². The highest BCUT2D eigenvalue weighted by atomic mass is 16.6. The maximum absolute atomic E-state index is 11.5. The molecule has 1 aliphatic rings. The normalized spacial score (nSPS) is 24.2. The zero-order chi connectivity index (χ0) is 13.8. The van der Waals surface area contributed by atoms with E-state index >= 15 is 0 Å². The van der Waals surface area contributed by atoms with Gasteiger partial charge in [-0.2, -0.15) is 0 Å². The third kappa shape index (κ3) is 4.91. The summed E-state index contributed by atoms with van der Waals surface area (Å²) in [6.07, 6.45) is 0.214. The number of esters is 1. The lowest BCUT2D eigenvalue weighted by Crippen LogP contribution is -2.46. The molecule has 6 nitrogen and oxygen atoms in total. The molecule has 2 atom stereocenters. The van der Waals surface area contributed by atoms with Crippen molar-refractivity contribution in [1.82, 2.24) is 5.32 Å². The lowest BCUT2D eigenvalue weighted by molar-refractivity contribution is -0.157. The molecule has 0 bridgehead atoms. The van der Waals surface area contributed by atoms with Crippen molar-refractivity contribution in [2.75, 3.05) is 13.7 Å². The highest BCUT2D eigenvalue weighted by Gasteiger charge is 2.29. The maximum Gasteiger partial charge on any atom is 0.407 e. The fourth-order valence-electron chi connectivity index (χ4n) is 1.66. The van der Waals surface area contributed by atoms with Crippen molar-refractivity contribution in [2.45, 2.75) is 51.4 Å². The molecule has 1 N–H and O–H groups in total. The standard InChI is InChI=1S/C12H21NO5/c1-12(2,3)18-11(15)13-8-5-6-9(17-7-8)10(14)16-4/h8-9H,5-7H2,1-4H3,(H,13,15)/t8-,9+/m0/s1. The van der Waals surface area contributed by atoms with Crippen LogP contribution in [0.2, 0.25) is 0 Å². The first-order valence-corrected chi connectivity index (χ1v) is 6.01. The van der Waals surface area contributed by atoms with Crippen molar-refractivity contribution in [1.29, 1.82) is 0 Å². The topological polar surface area (TPSA) is 73.9 Å². The molecule has 0 spiro atoms. The van der Waals surface area contributed by atoms with Gasteiger partial charge in [0, 0.05) is 0 Å². The minimum Gasteiger partial charge on any atom is -0.467 e. The molecule has 0 radical (unpaired) electrons. The number of rotatable bonds is 2. The smallest absolute Gasteiger partial charge is 0.407 e. The maximum atomic E-state index is 11.5. The first-order chi connectivity index (χ1) is 8.31. The van der Waals surface area contributed by atoms with Gasteiger partial charge in [-0.15, -0.1) is 0 Å². The van der Waals surface area contributed by atoms with Gasteiger partial charge in [0.25, 0.3) is 0 Å². The molecule has 0 aromatic heterocycles. The van der Waals surface area contributed by atoms with Gasteiger partial charge in [-0.1, -0.05) is 0 Å². The molecule has 0 saturated carbocycles. The summed E-state index contributed by atoms with van der Waals surface area (Å²) in [6, 6.07) is -0.124. The van der Waals surface area contributed by atoms with Gasteiger partial charge >= 0.3 is 12.1 Å². The van der Waals surface area contributed by atoms with Crippen LogP contribution in [0.25, 0.3) is 0 Å². The Kier molecular flexibility index (Phi) is 4.95. The molecule has 0 aliphatic carbocycles. The summed E-state index contributed by atoms with van der Waals surface area (Å²) in [5.74, 6) is -0.370. The van der Waals surface area contributed by atoms with Crippen molar-refractivity contribution < 1.29 is 23.8 Å². The van der Waals surface area contributed by atoms with Crippen LogP contribution in [0.3, 0.4) is 0 Å². The number of nitrogens with one attached hydrogen (secondary N) is 1. The molecule has 6 heteroatoms. The Labute approximate surface area is 107 Å². The molecule has 1 amide bonds. The van der Waals surface area contributed by atoms with Gasteiger partial charge in [0.1, 0.15) is 5.60 Å². The zero-order valence-electron chi connectivity index (χ0n) is 11.3. The van der Waals surface area contributed by atoms with E-state index < -0.39 is 17.8 Å². The third-order valence-electron chi connectivity index (χ3n) is 2.46. The van der Waals surface area contributed by atoms with Gasteiger partial charge in [0.2, 0.25) is 0 Å². The number of hydrogen-bond acceptors (Lipinski definition) is 5. The van der Waals surface area contributed by atoms with Crippen LogP contribution in [0, 0.1) is 0 Å². The first kappa shape index (κ1) is 14.8. The summed E-state index contributed by atoms with van der Waals surface area (Å²) in [5, 5.41) is 2.71. The van der Waals surface area contributed by atoms with Crippen molar-refractivity contribution in [3.63, 3.8) is 0 Å². The second-order valence-electron chi connectivity index (χ2n) is 5.27. The van der Waals surface area contributed by atoms with Crippen LogP contribution in [0.5, 0.6) is 0 Å². The predicted octanol–water partition coefficient (Wildman–Crippen LogP) is 1.23. The van der Waals surface area contributed by atoms with Crippen LogP contribution in [0.15, 0.2) is 0 Å². The Morgan fingerprint density at radius 3 is 2.39 bits per heavy atom. The highest BCUT2D eigenvalue weighted by Crippen LogP contribution is 2.15. The number of methoxy groups -OCH3 is 1. The number of alkyl carbamates (subject to hydrolysis) is 1. The summed E-state index contributed by atoms with van der Waals surface area (Å²) in [5.41, 5.74) is -0.520. The predicted molar refractivity (Wildman–Crippen MR) is 64.1 cm³/mol.